The average Bonchev–Trinajstić information content (AvgIpc) is 2.83. The van der Waals surface area contributed by atoms with Crippen molar-refractivity contribution < 1.29 is 0 Å². The number of hydrogen-bond acceptors (Lipinski definition) is 2. The predicted molar refractivity (Wildman–Crippen MR) is 92.9 cm³/mol. The molecular formula is C16H27BrClN3. The van der Waals surface area contributed by atoms with Gasteiger partial charge >= 0.3 is 0 Å². The molecule has 1 aromatic rings. The van der Waals surface area contributed by atoms with Crippen LogP contribution >= 0.6 is 27.5 Å². The molecule has 1 saturated carbocycles. The molecule has 0 radical (unpaired) electrons. The Labute approximate surface area is 141 Å². The number of aromatic nitrogens is 2. The summed E-state index contributed by atoms with van der Waals surface area (Å²) in [5.41, 5.74) is 2.43. The van der Waals surface area contributed by atoms with Gasteiger partial charge in [0.2, 0.25) is 0 Å². The van der Waals surface area contributed by atoms with Crippen LogP contribution in [0.2, 0.25) is 0 Å². The van der Waals surface area contributed by atoms with Gasteiger partial charge in [-0.1, -0.05) is 19.8 Å². The Morgan fingerprint density at radius 2 is 2.00 bits per heavy atom. The fourth-order valence-corrected chi connectivity index (χ4v) is 4.43. The van der Waals surface area contributed by atoms with E-state index in [1.807, 2.05) is 0 Å². The number of hydrogen-bond donors (Lipinski definition) is 1. The Morgan fingerprint density at radius 3 is 2.62 bits per heavy atom. The number of aryl methyl sites for hydroxylation is 2. The van der Waals surface area contributed by atoms with Crippen molar-refractivity contribution in [1.82, 2.24) is 15.1 Å². The van der Waals surface area contributed by atoms with Gasteiger partial charge in [0.1, 0.15) is 0 Å². The van der Waals surface area contributed by atoms with E-state index in [9.17, 15) is 0 Å². The molecule has 2 atom stereocenters. The topological polar surface area (TPSA) is 29.9 Å². The SMILES string of the molecule is CCc1nn(CC)c(CNCC2CCCCC2CCl)c1Br. The zero-order valence-electron chi connectivity index (χ0n) is 13.2. The number of halogens is 2. The van der Waals surface area contributed by atoms with Crippen molar-refractivity contribution in [3.05, 3.63) is 15.9 Å². The van der Waals surface area contributed by atoms with E-state index in [1.54, 1.807) is 0 Å². The molecule has 3 nitrogen and oxygen atoms in total. The lowest BCUT2D eigenvalue weighted by Crippen LogP contribution is -2.31. The molecule has 21 heavy (non-hydrogen) atoms. The quantitative estimate of drug-likeness (QED) is 0.716. The van der Waals surface area contributed by atoms with E-state index in [0.29, 0.717) is 5.92 Å². The molecule has 1 aliphatic carbocycles. The largest absolute Gasteiger partial charge is 0.311 e. The molecule has 1 aromatic heterocycles. The molecule has 0 bridgehead atoms. The van der Waals surface area contributed by atoms with E-state index in [-0.39, 0.29) is 0 Å². The number of nitrogens with one attached hydrogen (secondary N) is 1. The summed E-state index contributed by atoms with van der Waals surface area (Å²) < 4.78 is 3.28. The molecule has 0 amide bonds. The number of alkyl halides is 1. The summed E-state index contributed by atoms with van der Waals surface area (Å²) in [6.45, 7) is 7.17. The minimum Gasteiger partial charge on any atom is -0.311 e. The van der Waals surface area contributed by atoms with Crippen molar-refractivity contribution >= 4 is 27.5 Å². The van der Waals surface area contributed by atoms with E-state index in [1.165, 1.54) is 35.8 Å². The first-order valence-electron chi connectivity index (χ1n) is 8.21. The Morgan fingerprint density at radius 1 is 1.29 bits per heavy atom. The van der Waals surface area contributed by atoms with Crippen LogP contribution in [0.4, 0.5) is 0 Å². The van der Waals surface area contributed by atoms with Gasteiger partial charge in [-0.15, -0.1) is 11.6 Å². The van der Waals surface area contributed by atoms with Crippen LogP contribution in [-0.2, 0) is 19.5 Å². The standard InChI is InChI=1S/C16H27BrClN3/c1-3-14-16(17)15(21(4-2)20-14)11-19-10-13-8-6-5-7-12(13)9-18/h12-13,19H,3-11H2,1-2H3. The van der Waals surface area contributed by atoms with Crippen molar-refractivity contribution in [3.63, 3.8) is 0 Å². The Bertz CT molecular complexity index is 447. The highest BCUT2D eigenvalue weighted by atomic mass is 79.9. The zero-order chi connectivity index (χ0) is 15.2. The molecule has 1 N–H and O–H groups in total. The third kappa shape index (κ3) is 4.23. The van der Waals surface area contributed by atoms with Crippen molar-refractivity contribution in [1.29, 1.82) is 0 Å². The monoisotopic (exact) mass is 375 g/mol. The fraction of sp³-hybridized carbons (Fsp3) is 0.812. The molecular weight excluding hydrogens is 350 g/mol. The fourth-order valence-electron chi connectivity index (χ4n) is 3.32. The predicted octanol–water partition coefficient (Wildman–Crippen LogP) is 4.36. The maximum Gasteiger partial charge on any atom is 0.0767 e. The molecule has 1 aliphatic rings. The Kier molecular flexibility index (Phi) is 7.03. The number of rotatable bonds is 7. The lowest BCUT2D eigenvalue weighted by atomic mass is 9.80. The van der Waals surface area contributed by atoms with Crippen LogP contribution in [-0.4, -0.2) is 22.2 Å². The summed E-state index contributed by atoms with van der Waals surface area (Å²) in [5.74, 6) is 2.24. The van der Waals surface area contributed by atoms with Gasteiger partial charge in [0.15, 0.2) is 0 Å². The maximum absolute atomic E-state index is 6.12. The molecule has 0 aromatic carbocycles. The second kappa shape index (κ2) is 8.54. The molecule has 2 unspecified atom stereocenters. The van der Waals surface area contributed by atoms with Crippen LogP contribution in [0.3, 0.4) is 0 Å². The van der Waals surface area contributed by atoms with Crippen molar-refractivity contribution in [3.8, 4) is 0 Å². The van der Waals surface area contributed by atoms with Crippen LogP contribution in [0, 0.1) is 11.8 Å². The van der Waals surface area contributed by atoms with Gasteiger partial charge in [-0.05, 0) is 60.5 Å². The summed E-state index contributed by atoms with van der Waals surface area (Å²) in [6.07, 6.45) is 6.29. The second-order valence-electron chi connectivity index (χ2n) is 5.97. The first-order chi connectivity index (χ1) is 10.2. The molecule has 5 heteroatoms. The Hall–Kier alpha value is -0.0600. The molecule has 1 fully saturated rings. The van der Waals surface area contributed by atoms with Gasteiger partial charge in [-0.25, -0.2) is 0 Å². The first-order valence-corrected chi connectivity index (χ1v) is 9.54. The zero-order valence-corrected chi connectivity index (χ0v) is 15.5. The second-order valence-corrected chi connectivity index (χ2v) is 7.07. The van der Waals surface area contributed by atoms with Crippen LogP contribution in [0.5, 0.6) is 0 Å². The first kappa shape index (κ1) is 17.3. The number of nitrogens with zero attached hydrogens (tertiary/aromatic N) is 2. The van der Waals surface area contributed by atoms with Gasteiger partial charge in [0.05, 0.1) is 15.9 Å². The van der Waals surface area contributed by atoms with Crippen molar-refractivity contribution in [2.24, 2.45) is 11.8 Å². The summed E-state index contributed by atoms with van der Waals surface area (Å²) >= 11 is 9.83. The minimum atomic E-state index is 0.693. The summed E-state index contributed by atoms with van der Waals surface area (Å²) in [6, 6.07) is 0. The van der Waals surface area contributed by atoms with Crippen LogP contribution in [0.1, 0.15) is 50.9 Å². The Balaban J connectivity index is 1.92. The van der Waals surface area contributed by atoms with Crippen LogP contribution < -0.4 is 5.32 Å². The van der Waals surface area contributed by atoms with Gasteiger partial charge < -0.3 is 5.32 Å². The highest BCUT2D eigenvalue weighted by Crippen LogP contribution is 2.30. The van der Waals surface area contributed by atoms with E-state index < -0.39 is 0 Å². The van der Waals surface area contributed by atoms with Gasteiger partial charge in [-0.3, -0.25) is 4.68 Å². The minimum absolute atomic E-state index is 0.693. The molecule has 0 aliphatic heterocycles. The maximum atomic E-state index is 6.12. The molecule has 0 spiro atoms. The smallest absolute Gasteiger partial charge is 0.0767 e. The van der Waals surface area contributed by atoms with Gasteiger partial charge in [-0.2, -0.15) is 5.10 Å². The summed E-state index contributed by atoms with van der Waals surface area (Å²) in [5, 5.41) is 8.29. The van der Waals surface area contributed by atoms with Gasteiger partial charge in [0.25, 0.3) is 0 Å². The average molecular weight is 377 g/mol. The normalized spacial score (nSPS) is 22.7. The lowest BCUT2D eigenvalue weighted by Gasteiger charge is -2.30. The van der Waals surface area contributed by atoms with Crippen molar-refractivity contribution in [2.75, 3.05) is 12.4 Å². The third-order valence-electron chi connectivity index (χ3n) is 4.66. The van der Waals surface area contributed by atoms with E-state index >= 15 is 0 Å². The van der Waals surface area contributed by atoms with E-state index in [4.69, 9.17) is 11.6 Å². The summed E-state index contributed by atoms with van der Waals surface area (Å²) in [7, 11) is 0. The highest BCUT2D eigenvalue weighted by Gasteiger charge is 2.24. The van der Waals surface area contributed by atoms with Gasteiger partial charge in [0, 0.05) is 19.0 Å². The van der Waals surface area contributed by atoms with Crippen LogP contribution in [0.25, 0.3) is 0 Å². The van der Waals surface area contributed by atoms with E-state index in [2.05, 4.69) is 44.9 Å². The molecule has 0 saturated heterocycles. The summed E-state index contributed by atoms with van der Waals surface area (Å²) in [4.78, 5) is 0. The molecule has 2 rings (SSSR count). The van der Waals surface area contributed by atoms with Crippen molar-refractivity contribution in [2.45, 2.75) is 59.0 Å². The highest BCUT2D eigenvalue weighted by molar-refractivity contribution is 9.10. The molecule has 120 valence electrons. The van der Waals surface area contributed by atoms with Crippen LogP contribution in [0.15, 0.2) is 4.47 Å². The van der Waals surface area contributed by atoms with E-state index in [0.717, 1.165) is 43.5 Å². The third-order valence-corrected chi connectivity index (χ3v) is 5.97. The molecule has 1 heterocycles. The lowest BCUT2D eigenvalue weighted by molar-refractivity contribution is 0.250.